The molecule has 7 nitrogen and oxygen atoms in total. The number of pyridine rings is 1. The fourth-order valence-electron chi connectivity index (χ4n) is 2.85. The van der Waals surface area contributed by atoms with Crippen LogP contribution in [0.3, 0.4) is 0 Å². The van der Waals surface area contributed by atoms with Crippen molar-refractivity contribution in [3.63, 3.8) is 0 Å². The summed E-state index contributed by atoms with van der Waals surface area (Å²) in [5.74, 6) is 1.23. The highest BCUT2D eigenvalue weighted by molar-refractivity contribution is 6.62. The number of anilines is 2. The molecule has 1 aliphatic rings. The lowest BCUT2D eigenvalue weighted by Crippen LogP contribution is -2.41. The molecule has 0 atom stereocenters. The summed E-state index contributed by atoms with van der Waals surface area (Å²) < 4.78 is 13.7. The highest BCUT2D eigenvalue weighted by atomic mass is 16.7. The zero-order valence-electron chi connectivity index (χ0n) is 16.4. The molecule has 8 heteroatoms. The van der Waals surface area contributed by atoms with E-state index in [4.69, 9.17) is 9.31 Å². The molecule has 0 radical (unpaired) electrons. The van der Waals surface area contributed by atoms with Gasteiger partial charge in [-0.25, -0.2) is 9.97 Å². The minimum atomic E-state index is -0.541. The van der Waals surface area contributed by atoms with E-state index in [0.29, 0.717) is 17.3 Å². The van der Waals surface area contributed by atoms with Gasteiger partial charge in [-0.2, -0.15) is 0 Å². The molecule has 26 heavy (non-hydrogen) atoms. The third-order valence-corrected chi connectivity index (χ3v) is 4.96. The molecule has 138 valence electrons. The quantitative estimate of drug-likeness (QED) is 0.846. The van der Waals surface area contributed by atoms with Crippen LogP contribution >= 0.6 is 0 Å². The molecule has 2 aromatic rings. The maximum Gasteiger partial charge on any atom is 0.496 e. The van der Waals surface area contributed by atoms with E-state index in [1.54, 1.807) is 25.4 Å². The molecule has 2 aromatic heterocycles. The van der Waals surface area contributed by atoms with E-state index < -0.39 is 18.3 Å². The lowest BCUT2D eigenvalue weighted by Gasteiger charge is -2.32. The van der Waals surface area contributed by atoms with Crippen molar-refractivity contribution in [2.24, 2.45) is 7.05 Å². The normalized spacial score (nSPS) is 18.2. The van der Waals surface area contributed by atoms with Crippen LogP contribution in [0.15, 0.2) is 23.1 Å². The fourth-order valence-corrected chi connectivity index (χ4v) is 2.85. The number of aryl methyl sites for hydroxylation is 3. The van der Waals surface area contributed by atoms with Gasteiger partial charge in [-0.15, -0.1) is 0 Å². The molecule has 0 aliphatic carbocycles. The molecular formula is C18H25BN4O3. The van der Waals surface area contributed by atoms with Gasteiger partial charge in [0.15, 0.2) is 0 Å². The Bertz CT molecular complexity index is 872. The van der Waals surface area contributed by atoms with Crippen LogP contribution in [0.1, 0.15) is 39.2 Å². The Kier molecular flexibility index (Phi) is 4.44. The predicted molar refractivity (Wildman–Crippen MR) is 102 cm³/mol. The van der Waals surface area contributed by atoms with Gasteiger partial charge in [-0.05, 0) is 47.6 Å². The van der Waals surface area contributed by atoms with E-state index in [1.807, 2.05) is 41.5 Å². The minimum absolute atomic E-state index is 0.154. The Balaban J connectivity index is 1.97. The van der Waals surface area contributed by atoms with Crippen molar-refractivity contribution < 1.29 is 9.31 Å². The first-order chi connectivity index (χ1) is 12.0. The molecule has 0 amide bonds. The van der Waals surface area contributed by atoms with Crippen molar-refractivity contribution in [2.45, 2.75) is 52.7 Å². The maximum atomic E-state index is 12.5. The van der Waals surface area contributed by atoms with Gasteiger partial charge in [0.2, 0.25) is 0 Å². The van der Waals surface area contributed by atoms with E-state index in [-0.39, 0.29) is 5.56 Å². The largest absolute Gasteiger partial charge is 0.496 e. The number of nitrogens with one attached hydrogen (secondary N) is 1. The minimum Gasteiger partial charge on any atom is -0.399 e. The highest BCUT2D eigenvalue weighted by Crippen LogP contribution is 2.36. The Hall–Kier alpha value is -2.19. The van der Waals surface area contributed by atoms with E-state index in [0.717, 1.165) is 11.2 Å². The molecule has 0 bridgehead atoms. The second kappa shape index (κ2) is 6.21. The zero-order chi connectivity index (χ0) is 19.3. The summed E-state index contributed by atoms with van der Waals surface area (Å²) in [6.07, 6.45) is 1.74. The number of hydrogen-bond acceptors (Lipinski definition) is 6. The Labute approximate surface area is 153 Å². The first-order valence-electron chi connectivity index (χ1n) is 8.64. The van der Waals surface area contributed by atoms with Gasteiger partial charge in [-0.3, -0.25) is 4.79 Å². The summed E-state index contributed by atoms with van der Waals surface area (Å²) >= 11 is 0. The Morgan fingerprint density at radius 1 is 1.08 bits per heavy atom. The highest BCUT2D eigenvalue weighted by Gasteiger charge is 2.51. The van der Waals surface area contributed by atoms with Crippen LogP contribution in [0.5, 0.6) is 0 Å². The van der Waals surface area contributed by atoms with Crippen molar-refractivity contribution in [3.05, 3.63) is 40.2 Å². The van der Waals surface area contributed by atoms with E-state index in [1.165, 1.54) is 4.57 Å². The van der Waals surface area contributed by atoms with Gasteiger partial charge >= 0.3 is 7.12 Å². The third-order valence-electron chi connectivity index (χ3n) is 4.96. The average molecular weight is 356 g/mol. The molecule has 3 rings (SSSR count). The molecule has 3 heterocycles. The molecule has 0 spiro atoms. The van der Waals surface area contributed by atoms with E-state index >= 15 is 0 Å². The van der Waals surface area contributed by atoms with Crippen LogP contribution in [0.2, 0.25) is 0 Å². The first kappa shape index (κ1) is 18.6. The van der Waals surface area contributed by atoms with Crippen LogP contribution in [-0.4, -0.2) is 32.9 Å². The van der Waals surface area contributed by atoms with Gasteiger partial charge < -0.3 is 19.2 Å². The summed E-state index contributed by atoms with van der Waals surface area (Å²) in [5, 5.41) is 3.10. The lowest BCUT2D eigenvalue weighted by molar-refractivity contribution is 0.00578. The monoisotopic (exact) mass is 356 g/mol. The van der Waals surface area contributed by atoms with Crippen LogP contribution in [0.25, 0.3) is 0 Å². The van der Waals surface area contributed by atoms with Crippen LogP contribution in [0.4, 0.5) is 11.5 Å². The molecule has 0 unspecified atom stereocenters. The summed E-state index contributed by atoms with van der Waals surface area (Å²) in [4.78, 5) is 21.1. The van der Waals surface area contributed by atoms with Crippen LogP contribution in [0, 0.1) is 13.8 Å². The molecule has 1 aliphatic heterocycles. The molecular weight excluding hydrogens is 331 g/mol. The summed E-state index contributed by atoms with van der Waals surface area (Å²) in [5.41, 5.74) is 0.980. The van der Waals surface area contributed by atoms with Crippen molar-refractivity contribution in [3.8, 4) is 0 Å². The van der Waals surface area contributed by atoms with Crippen molar-refractivity contribution in [2.75, 3.05) is 5.32 Å². The average Bonchev–Trinajstić information content (AvgIpc) is 2.71. The van der Waals surface area contributed by atoms with Crippen molar-refractivity contribution in [1.29, 1.82) is 0 Å². The second-order valence-electron chi connectivity index (χ2n) is 7.76. The second-order valence-corrected chi connectivity index (χ2v) is 7.76. The van der Waals surface area contributed by atoms with E-state index in [9.17, 15) is 4.79 Å². The van der Waals surface area contributed by atoms with Crippen LogP contribution in [-0.2, 0) is 16.4 Å². The summed E-state index contributed by atoms with van der Waals surface area (Å²) in [6.45, 7) is 11.7. The SMILES string of the molecule is Cc1cc(Nc2cc(B3OC(C)(C)C(C)(C)O3)cn(C)c2=O)nc(C)n1. The van der Waals surface area contributed by atoms with Gasteiger partial charge in [-0.1, -0.05) is 0 Å². The molecule has 0 saturated carbocycles. The van der Waals surface area contributed by atoms with Gasteiger partial charge in [0.25, 0.3) is 5.56 Å². The maximum absolute atomic E-state index is 12.5. The predicted octanol–water partition coefficient (Wildman–Crippen LogP) is 1.83. The molecule has 1 saturated heterocycles. The lowest BCUT2D eigenvalue weighted by atomic mass is 9.80. The van der Waals surface area contributed by atoms with Crippen molar-refractivity contribution >= 4 is 24.1 Å². The number of rotatable bonds is 3. The standard InChI is InChI=1S/C18H25BN4O3/c1-11-8-15(21-12(2)20-11)22-14-9-13(10-23(7)16(14)24)19-25-17(3,4)18(5,6)26-19/h8-10H,1-7H3,(H,20,21,22). The topological polar surface area (TPSA) is 78.3 Å². The number of aromatic nitrogens is 3. The number of nitrogens with zero attached hydrogens (tertiary/aromatic N) is 3. The summed E-state index contributed by atoms with van der Waals surface area (Å²) in [6, 6.07) is 3.56. The number of hydrogen-bond donors (Lipinski definition) is 1. The molecule has 1 N–H and O–H groups in total. The fraction of sp³-hybridized carbons (Fsp3) is 0.500. The van der Waals surface area contributed by atoms with Gasteiger partial charge in [0.05, 0.1) is 11.2 Å². The van der Waals surface area contributed by atoms with Crippen molar-refractivity contribution in [1.82, 2.24) is 14.5 Å². The molecule has 0 aromatic carbocycles. The van der Waals surface area contributed by atoms with Gasteiger partial charge in [0.1, 0.15) is 17.3 Å². The first-order valence-corrected chi connectivity index (χ1v) is 8.64. The van der Waals surface area contributed by atoms with Crippen LogP contribution < -0.4 is 16.3 Å². The zero-order valence-corrected chi connectivity index (χ0v) is 16.4. The molecule has 1 fully saturated rings. The van der Waals surface area contributed by atoms with Gasteiger partial charge in [0, 0.05) is 30.5 Å². The third kappa shape index (κ3) is 3.39. The van der Waals surface area contributed by atoms with E-state index in [2.05, 4.69) is 15.3 Å². The summed E-state index contributed by atoms with van der Waals surface area (Å²) in [7, 11) is 1.17. The Morgan fingerprint density at radius 2 is 1.69 bits per heavy atom. The Morgan fingerprint density at radius 3 is 2.27 bits per heavy atom. The smallest absolute Gasteiger partial charge is 0.399 e.